The Kier molecular flexibility index (Phi) is 6.84. The van der Waals surface area contributed by atoms with Crippen LogP contribution in [0, 0.1) is 6.92 Å². The minimum atomic E-state index is -4.51. The molecule has 0 aliphatic carbocycles. The Hall–Kier alpha value is -3.41. The van der Waals surface area contributed by atoms with Gasteiger partial charge in [0, 0.05) is 26.2 Å². The molecule has 1 saturated heterocycles. The number of nitrogens with one attached hydrogen (secondary N) is 1. The lowest BCUT2D eigenvalue weighted by Gasteiger charge is -2.26. The van der Waals surface area contributed by atoms with Gasteiger partial charge < -0.3 is 10.2 Å². The lowest BCUT2D eigenvalue weighted by Crippen LogP contribution is -2.49. The maximum Gasteiger partial charge on any atom is 0.390 e. The summed E-state index contributed by atoms with van der Waals surface area (Å²) in [7, 11) is 0. The standard InChI is InChI=1S/C23H23F3N4O4S/c1-14-17-19(32)29(10-7-15-5-3-2-4-6-15)22(34)30(11-8-23(24,25)26)21(17)35-18(14)20(33)28-12-9-27-16(31)13-28/h2-6H,7-13H2,1H3,(H,27,31). The van der Waals surface area contributed by atoms with Crippen LogP contribution in [-0.4, -0.2) is 51.7 Å². The molecule has 3 aromatic rings. The summed E-state index contributed by atoms with van der Waals surface area (Å²) in [4.78, 5) is 52.9. The number of aryl methyl sites for hydroxylation is 3. The molecule has 35 heavy (non-hydrogen) atoms. The van der Waals surface area contributed by atoms with Gasteiger partial charge in [0.2, 0.25) is 5.91 Å². The third-order valence-electron chi connectivity index (χ3n) is 5.90. The number of benzene rings is 1. The Bertz CT molecular complexity index is 1390. The summed E-state index contributed by atoms with van der Waals surface area (Å²) in [6, 6.07) is 9.10. The molecule has 4 rings (SSSR count). The van der Waals surface area contributed by atoms with E-state index in [0.29, 0.717) is 12.0 Å². The average Bonchev–Trinajstić information content (AvgIpc) is 3.15. The minimum Gasteiger partial charge on any atom is -0.353 e. The number of carbonyl (C=O) groups excluding carboxylic acids is 2. The van der Waals surface area contributed by atoms with E-state index >= 15 is 0 Å². The molecule has 0 bridgehead atoms. The fraction of sp³-hybridized carbons (Fsp3) is 0.391. The van der Waals surface area contributed by atoms with Crippen molar-refractivity contribution in [1.29, 1.82) is 0 Å². The van der Waals surface area contributed by atoms with Gasteiger partial charge in [0.25, 0.3) is 11.5 Å². The number of piperazine rings is 1. The van der Waals surface area contributed by atoms with Gasteiger partial charge in [-0.2, -0.15) is 13.2 Å². The van der Waals surface area contributed by atoms with Crippen LogP contribution >= 0.6 is 11.3 Å². The topological polar surface area (TPSA) is 93.4 Å². The first kappa shape index (κ1) is 24.7. The van der Waals surface area contributed by atoms with Crippen molar-refractivity contribution >= 4 is 33.4 Å². The second-order valence-electron chi connectivity index (χ2n) is 8.30. The second kappa shape index (κ2) is 9.68. The van der Waals surface area contributed by atoms with E-state index in [4.69, 9.17) is 0 Å². The molecule has 1 fully saturated rings. The molecule has 1 aliphatic heterocycles. The molecule has 1 aliphatic rings. The molecule has 2 aromatic heterocycles. The van der Waals surface area contributed by atoms with E-state index in [1.165, 1.54) is 11.8 Å². The Labute approximate surface area is 201 Å². The Balaban J connectivity index is 1.82. The van der Waals surface area contributed by atoms with Crippen molar-refractivity contribution in [2.75, 3.05) is 19.6 Å². The summed E-state index contributed by atoms with van der Waals surface area (Å²) in [6.07, 6.45) is -5.44. The molecule has 186 valence electrons. The zero-order chi connectivity index (χ0) is 25.3. The number of nitrogens with zero attached hydrogens (tertiary/aromatic N) is 3. The van der Waals surface area contributed by atoms with E-state index in [1.807, 2.05) is 30.3 Å². The van der Waals surface area contributed by atoms with Crippen LogP contribution < -0.4 is 16.6 Å². The maximum atomic E-state index is 13.4. The monoisotopic (exact) mass is 508 g/mol. The number of aromatic nitrogens is 2. The average molecular weight is 509 g/mol. The third-order valence-corrected chi connectivity index (χ3v) is 7.20. The minimum absolute atomic E-state index is 0.0193. The highest BCUT2D eigenvalue weighted by molar-refractivity contribution is 7.20. The van der Waals surface area contributed by atoms with Crippen molar-refractivity contribution in [3.63, 3.8) is 0 Å². The van der Waals surface area contributed by atoms with Gasteiger partial charge in [0.1, 0.15) is 4.83 Å². The quantitative estimate of drug-likeness (QED) is 0.553. The highest BCUT2D eigenvalue weighted by atomic mass is 32.1. The van der Waals surface area contributed by atoms with Crippen molar-refractivity contribution in [3.8, 4) is 0 Å². The molecule has 1 N–H and O–H groups in total. The number of halogens is 3. The van der Waals surface area contributed by atoms with Gasteiger partial charge in [-0.25, -0.2) is 4.79 Å². The predicted molar refractivity (Wildman–Crippen MR) is 125 cm³/mol. The molecule has 0 radical (unpaired) electrons. The lowest BCUT2D eigenvalue weighted by molar-refractivity contribution is -0.136. The molecule has 0 saturated carbocycles. The van der Waals surface area contributed by atoms with Crippen LogP contribution in [0.3, 0.4) is 0 Å². The van der Waals surface area contributed by atoms with E-state index in [9.17, 15) is 32.3 Å². The fourth-order valence-corrected chi connectivity index (χ4v) is 5.36. The Morgan fingerprint density at radius 3 is 2.46 bits per heavy atom. The summed E-state index contributed by atoms with van der Waals surface area (Å²) in [5, 5.41) is 2.67. The Morgan fingerprint density at radius 2 is 1.80 bits per heavy atom. The summed E-state index contributed by atoms with van der Waals surface area (Å²) >= 11 is 0.815. The fourth-order valence-electron chi connectivity index (χ4n) is 4.07. The zero-order valence-corrected chi connectivity index (χ0v) is 19.7. The molecule has 12 heteroatoms. The number of rotatable bonds is 6. The molecule has 0 spiro atoms. The first-order valence-corrected chi connectivity index (χ1v) is 11.8. The van der Waals surface area contributed by atoms with Crippen molar-refractivity contribution in [2.45, 2.75) is 39.0 Å². The summed E-state index contributed by atoms with van der Waals surface area (Å²) in [6.45, 7) is 1.22. The van der Waals surface area contributed by atoms with Gasteiger partial charge in [-0.1, -0.05) is 30.3 Å². The number of hydrogen-bond acceptors (Lipinski definition) is 5. The van der Waals surface area contributed by atoms with Gasteiger partial charge in [0.15, 0.2) is 0 Å². The molecule has 2 amide bonds. The molecule has 1 aromatic carbocycles. The van der Waals surface area contributed by atoms with Crippen LogP contribution in [0.25, 0.3) is 10.2 Å². The predicted octanol–water partition coefficient (Wildman–Crippen LogP) is 2.30. The van der Waals surface area contributed by atoms with Crippen LogP contribution in [0.15, 0.2) is 39.9 Å². The number of thiophene rings is 1. The van der Waals surface area contributed by atoms with E-state index in [1.54, 1.807) is 0 Å². The van der Waals surface area contributed by atoms with Gasteiger partial charge in [0.05, 0.1) is 23.2 Å². The number of alkyl halides is 3. The number of fused-ring (bicyclic) bond motifs is 1. The SMILES string of the molecule is Cc1c(C(=O)N2CCNC(=O)C2)sc2c1c(=O)n(CCc1ccccc1)c(=O)n2CCC(F)(F)F. The van der Waals surface area contributed by atoms with Crippen molar-refractivity contribution < 1.29 is 22.8 Å². The summed E-state index contributed by atoms with van der Waals surface area (Å²) < 4.78 is 41.0. The van der Waals surface area contributed by atoms with Crippen molar-refractivity contribution in [3.05, 3.63) is 67.2 Å². The first-order valence-electron chi connectivity index (χ1n) is 11.0. The van der Waals surface area contributed by atoms with Gasteiger partial charge in [-0.15, -0.1) is 11.3 Å². The zero-order valence-electron chi connectivity index (χ0n) is 18.9. The van der Waals surface area contributed by atoms with Crippen LogP contribution in [0.1, 0.15) is 27.2 Å². The van der Waals surface area contributed by atoms with Crippen LogP contribution in [0.5, 0.6) is 0 Å². The summed E-state index contributed by atoms with van der Waals surface area (Å²) in [5.74, 6) is -0.822. The number of amides is 2. The largest absolute Gasteiger partial charge is 0.390 e. The first-order chi connectivity index (χ1) is 16.6. The third kappa shape index (κ3) is 5.16. The van der Waals surface area contributed by atoms with E-state index in [-0.39, 0.29) is 47.2 Å². The molecule has 0 unspecified atom stereocenters. The lowest BCUT2D eigenvalue weighted by atomic mass is 10.1. The molecular formula is C23H23F3N4O4S. The molecule has 0 atom stereocenters. The highest BCUT2D eigenvalue weighted by Crippen LogP contribution is 2.30. The molecule has 8 nitrogen and oxygen atoms in total. The van der Waals surface area contributed by atoms with Crippen LogP contribution in [0.4, 0.5) is 13.2 Å². The second-order valence-corrected chi connectivity index (χ2v) is 9.30. The Morgan fingerprint density at radius 1 is 1.09 bits per heavy atom. The van der Waals surface area contributed by atoms with Gasteiger partial charge in [-0.3, -0.25) is 23.5 Å². The van der Waals surface area contributed by atoms with E-state index in [0.717, 1.165) is 26.0 Å². The van der Waals surface area contributed by atoms with Gasteiger partial charge in [-0.05, 0) is 24.5 Å². The van der Waals surface area contributed by atoms with E-state index in [2.05, 4.69) is 5.32 Å². The smallest absolute Gasteiger partial charge is 0.353 e. The number of hydrogen-bond donors (Lipinski definition) is 1. The van der Waals surface area contributed by atoms with Crippen LogP contribution in [-0.2, 0) is 24.3 Å². The summed E-state index contributed by atoms with van der Waals surface area (Å²) in [5.41, 5.74) is -0.337. The molecule has 3 heterocycles. The van der Waals surface area contributed by atoms with Crippen molar-refractivity contribution in [1.82, 2.24) is 19.4 Å². The number of carbonyl (C=O) groups is 2. The highest BCUT2D eigenvalue weighted by Gasteiger charge is 2.31. The van der Waals surface area contributed by atoms with Gasteiger partial charge >= 0.3 is 11.9 Å². The van der Waals surface area contributed by atoms with Crippen LogP contribution in [0.2, 0.25) is 0 Å². The maximum absolute atomic E-state index is 13.4. The van der Waals surface area contributed by atoms with Crippen molar-refractivity contribution in [2.24, 2.45) is 0 Å². The molecular weight excluding hydrogens is 485 g/mol. The van der Waals surface area contributed by atoms with E-state index < -0.39 is 36.3 Å². The normalized spacial score (nSPS) is 14.4.